The molecule has 0 spiro atoms. The zero-order valence-corrected chi connectivity index (χ0v) is 16.0. The number of benzene rings is 2. The molecule has 1 aliphatic rings. The lowest BCUT2D eigenvalue weighted by Crippen LogP contribution is -2.39. The molecule has 4 nitrogen and oxygen atoms in total. The topological polar surface area (TPSA) is 42.4 Å². The van der Waals surface area contributed by atoms with E-state index in [1.807, 2.05) is 84.6 Å². The SMILES string of the molecule is CC(c1ccccn1)N(C(=O)COc1ccccc1-c1ccccc1)C1CC1. The Hall–Kier alpha value is -3.14. The average Bonchev–Trinajstić information content (AvgIpc) is 3.59. The molecule has 142 valence electrons. The van der Waals surface area contributed by atoms with E-state index in [2.05, 4.69) is 4.98 Å². The summed E-state index contributed by atoms with van der Waals surface area (Å²) < 4.78 is 5.99. The molecular formula is C24H24N2O2. The van der Waals surface area contributed by atoms with E-state index in [4.69, 9.17) is 4.74 Å². The van der Waals surface area contributed by atoms with Gasteiger partial charge in [-0.3, -0.25) is 9.78 Å². The molecule has 2 aromatic carbocycles. The standard InChI is InChI=1S/C24H24N2O2/c1-18(22-12-7-8-16-25-22)26(20-14-15-20)24(27)17-28-23-13-6-5-11-21(23)19-9-3-2-4-10-19/h2-13,16,18,20H,14-15,17H2,1H3. The summed E-state index contributed by atoms with van der Waals surface area (Å²) in [7, 11) is 0. The second kappa shape index (κ2) is 8.26. The van der Waals surface area contributed by atoms with Crippen LogP contribution in [0.2, 0.25) is 0 Å². The zero-order valence-electron chi connectivity index (χ0n) is 16.0. The first-order valence-corrected chi connectivity index (χ1v) is 9.73. The number of hydrogen-bond acceptors (Lipinski definition) is 3. The van der Waals surface area contributed by atoms with Crippen LogP contribution in [0.5, 0.6) is 5.75 Å². The fourth-order valence-electron chi connectivity index (χ4n) is 3.52. The number of carbonyl (C=O) groups is 1. The molecule has 1 unspecified atom stereocenters. The molecule has 3 aromatic rings. The normalized spacial score (nSPS) is 14.3. The molecule has 1 aromatic heterocycles. The quantitative estimate of drug-likeness (QED) is 0.594. The van der Waals surface area contributed by atoms with Crippen LogP contribution in [-0.2, 0) is 4.79 Å². The molecule has 0 N–H and O–H groups in total. The number of carbonyl (C=O) groups excluding carboxylic acids is 1. The Morgan fingerprint density at radius 3 is 2.46 bits per heavy atom. The van der Waals surface area contributed by atoms with Gasteiger partial charge in [0.15, 0.2) is 6.61 Å². The van der Waals surface area contributed by atoms with E-state index >= 15 is 0 Å². The summed E-state index contributed by atoms with van der Waals surface area (Å²) in [5.41, 5.74) is 2.98. The highest BCUT2D eigenvalue weighted by Gasteiger charge is 2.36. The minimum absolute atomic E-state index is 0.00326. The van der Waals surface area contributed by atoms with Gasteiger partial charge in [-0.2, -0.15) is 0 Å². The maximum atomic E-state index is 13.0. The van der Waals surface area contributed by atoms with Gasteiger partial charge in [-0.05, 0) is 43.5 Å². The summed E-state index contributed by atoms with van der Waals surface area (Å²) in [6.45, 7) is 2.06. The van der Waals surface area contributed by atoms with Gasteiger partial charge >= 0.3 is 0 Å². The molecule has 1 atom stereocenters. The lowest BCUT2D eigenvalue weighted by Gasteiger charge is -2.29. The van der Waals surface area contributed by atoms with Crippen molar-refractivity contribution in [1.29, 1.82) is 0 Å². The predicted molar refractivity (Wildman–Crippen MR) is 110 cm³/mol. The number of pyridine rings is 1. The molecule has 4 heteroatoms. The molecule has 1 amide bonds. The van der Waals surface area contributed by atoms with Crippen molar-refractivity contribution in [1.82, 2.24) is 9.88 Å². The Morgan fingerprint density at radius 2 is 1.75 bits per heavy atom. The average molecular weight is 372 g/mol. The van der Waals surface area contributed by atoms with Gasteiger partial charge in [0.2, 0.25) is 0 Å². The summed E-state index contributed by atoms with van der Waals surface area (Å²) in [6.07, 6.45) is 3.86. The number of amides is 1. The van der Waals surface area contributed by atoms with Gasteiger partial charge in [0, 0.05) is 17.8 Å². The van der Waals surface area contributed by atoms with Crippen LogP contribution in [0.4, 0.5) is 0 Å². The van der Waals surface area contributed by atoms with E-state index in [9.17, 15) is 4.79 Å². The van der Waals surface area contributed by atoms with E-state index in [0.29, 0.717) is 0 Å². The molecule has 0 saturated heterocycles. The van der Waals surface area contributed by atoms with Gasteiger partial charge in [0.1, 0.15) is 5.75 Å². The third-order valence-corrected chi connectivity index (χ3v) is 5.08. The van der Waals surface area contributed by atoms with Gasteiger partial charge < -0.3 is 9.64 Å². The highest BCUT2D eigenvalue weighted by molar-refractivity contribution is 5.79. The maximum Gasteiger partial charge on any atom is 0.261 e. The molecule has 4 rings (SSSR count). The Bertz CT molecular complexity index is 924. The van der Waals surface area contributed by atoms with E-state index in [1.165, 1.54) is 0 Å². The smallest absolute Gasteiger partial charge is 0.261 e. The fraction of sp³-hybridized carbons (Fsp3) is 0.250. The van der Waals surface area contributed by atoms with Crippen molar-refractivity contribution in [3.05, 3.63) is 84.7 Å². The summed E-state index contributed by atoms with van der Waals surface area (Å²) in [4.78, 5) is 19.4. The van der Waals surface area contributed by atoms with Gasteiger partial charge in [0.05, 0.1) is 11.7 Å². The zero-order chi connectivity index (χ0) is 19.3. The Morgan fingerprint density at radius 1 is 1.04 bits per heavy atom. The minimum atomic E-state index is -0.0610. The largest absolute Gasteiger partial charge is 0.483 e. The lowest BCUT2D eigenvalue weighted by molar-refractivity contribution is -0.136. The number of ether oxygens (including phenoxy) is 1. The number of aromatic nitrogens is 1. The van der Waals surface area contributed by atoms with Crippen molar-refractivity contribution in [3.8, 4) is 16.9 Å². The van der Waals surface area contributed by atoms with Crippen LogP contribution in [0.3, 0.4) is 0 Å². The third-order valence-electron chi connectivity index (χ3n) is 5.08. The van der Waals surface area contributed by atoms with Gasteiger partial charge in [-0.15, -0.1) is 0 Å². The lowest BCUT2D eigenvalue weighted by atomic mass is 10.1. The Labute approximate surface area is 165 Å². The summed E-state index contributed by atoms with van der Waals surface area (Å²) in [6, 6.07) is 24.0. The second-order valence-electron chi connectivity index (χ2n) is 7.11. The monoisotopic (exact) mass is 372 g/mol. The fourth-order valence-corrected chi connectivity index (χ4v) is 3.52. The van der Waals surface area contributed by atoms with Crippen LogP contribution in [-0.4, -0.2) is 28.4 Å². The van der Waals surface area contributed by atoms with E-state index in [-0.39, 0.29) is 24.6 Å². The highest BCUT2D eigenvalue weighted by atomic mass is 16.5. The summed E-state index contributed by atoms with van der Waals surface area (Å²) in [5.74, 6) is 0.729. The maximum absolute atomic E-state index is 13.0. The molecule has 0 aliphatic heterocycles. The van der Waals surface area contributed by atoms with Crippen molar-refractivity contribution in [3.63, 3.8) is 0 Å². The second-order valence-corrected chi connectivity index (χ2v) is 7.11. The third kappa shape index (κ3) is 4.06. The van der Waals surface area contributed by atoms with Crippen LogP contribution in [0, 0.1) is 0 Å². The van der Waals surface area contributed by atoms with Crippen molar-refractivity contribution in [2.24, 2.45) is 0 Å². The van der Waals surface area contributed by atoms with Crippen LogP contribution in [0.1, 0.15) is 31.5 Å². The van der Waals surface area contributed by atoms with E-state index in [0.717, 1.165) is 35.4 Å². The van der Waals surface area contributed by atoms with Crippen LogP contribution >= 0.6 is 0 Å². The van der Waals surface area contributed by atoms with Crippen molar-refractivity contribution in [2.75, 3.05) is 6.61 Å². The summed E-state index contributed by atoms with van der Waals surface area (Å²) in [5, 5.41) is 0. The van der Waals surface area contributed by atoms with Crippen LogP contribution < -0.4 is 4.74 Å². The first-order chi connectivity index (χ1) is 13.7. The Balaban J connectivity index is 1.49. The molecule has 1 saturated carbocycles. The predicted octanol–water partition coefficient (Wildman–Crippen LogP) is 4.88. The molecule has 0 bridgehead atoms. The van der Waals surface area contributed by atoms with E-state index in [1.54, 1.807) is 6.20 Å². The first-order valence-electron chi connectivity index (χ1n) is 9.73. The van der Waals surface area contributed by atoms with Crippen molar-refractivity contribution in [2.45, 2.75) is 31.8 Å². The number of nitrogens with zero attached hydrogens (tertiary/aromatic N) is 2. The molecule has 1 heterocycles. The molecule has 1 fully saturated rings. The minimum Gasteiger partial charge on any atom is -0.483 e. The van der Waals surface area contributed by atoms with E-state index < -0.39 is 0 Å². The molecule has 1 aliphatic carbocycles. The van der Waals surface area contributed by atoms with Crippen molar-refractivity contribution < 1.29 is 9.53 Å². The highest BCUT2D eigenvalue weighted by Crippen LogP contribution is 2.34. The molecule has 28 heavy (non-hydrogen) atoms. The number of hydrogen-bond donors (Lipinski definition) is 0. The number of rotatable bonds is 7. The van der Waals surface area contributed by atoms with Gasteiger partial charge in [-0.1, -0.05) is 54.6 Å². The number of para-hydroxylation sites is 1. The van der Waals surface area contributed by atoms with Crippen molar-refractivity contribution >= 4 is 5.91 Å². The van der Waals surface area contributed by atoms with Gasteiger partial charge in [-0.25, -0.2) is 0 Å². The van der Waals surface area contributed by atoms with Crippen LogP contribution in [0.15, 0.2) is 79.0 Å². The first kappa shape index (κ1) is 18.2. The van der Waals surface area contributed by atoms with Crippen LogP contribution in [0.25, 0.3) is 11.1 Å². The molecule has 0 radical (unpaired) electrons. The van der Waals surface area contributed by atoms with Gasteiger partial charge in [0.25, 0.3) is 5.91 Å². The molecular weight excluding hydrogens is 348 g/mol. The Kier molecular flexibility index (Phi) is 5.38. The summed E-state index contributed by atoms with van der Waals surface area (Å²) >= 11 is 0.